The SMILES string of the molecule is CC(C)C(=O)C1=C(O)C(C)(C)OC(C)(C)C1=O. The van der Waals surface area contributed by atoms with Gasteiger partial charge in [0.1, 0.15) is 22.5 Å². The van der Waals surface area contributed by atoms with Crippen LogP contribution < -0.4 is 0 Å². The van der Waals surface area contributed by atoms with Gasteiger partial charge in [0.25, 0.3) is 0 Å². The molecule has 0 atom stereocenters. The van der Waals surface area contributed by atoms with Gasteiger partial charge < -0.3 is 9.84 Å². The molecule has 1 N–H and O–H groups in total. The molecule has 0 unspecified atom stereocenters. The largest absolute Gasteiger partial charge is 0.508 e. The lowest BCUT2D eigenvalue weighted by molar-refractivity contribution is -0.163. The van der Waals surface area contributed by atoms with Crippen molar-refractivity contribution in [3.05, 3.63) is 11.3 Å². The molecule has 1 rings (SSSR count). The maximum atomic E-state index is 12.1. The van der Waals surface area contributed by atoms with Gasteiger partial charge in [-0.1, -0.05) is 13.8 Å². The molecule has 4 heteroatoms. The molecule has 1 aliphatic heterocycles. The summed E-state index contributed by atoms with van der Waals surface area (Å²) in [5.41, 5.74) is -2.21. The normalized spacial score (nSPS) is 23.1. The van der Waals surface area contributed by atoms with Gasteiger partial charge >= 0.3 is 0 Å². The highest BCUT2D eigenvalue weighted by atomic mass is 16.5. The Morgan fingerprint density at radius 2 is 1.65 bits per heavy atom. The number of ether oxygens (including phenoxy) is 1. The lowest BCUT2D eigenvalue weighted by atomic mass is 9.82. The Kier molecular flexibility index (Phi) is 3.23. The first-order valence-electron chi connectivity index (χ1n) is 5.73. The number of aliphatic hydroxyl groups is 1. The number of rotatable bonds is 2. The molecule has 0 radical (unpaired) electrons. The minimum atomic E-state index is -1.09. The van der Waals surface area contributed by atoms with E-state index in [1.54, 1.807) is 41.5 Å². The second-order valence-corrected chi connectivity index (χ2v) is 5.69. The lowest BCUT2D eigenvalue weighted by Gasteiger charge is -2.40. The summed E-state index contributed by atoms with van der Waals surface area (Å²) >= 11 is 0. The number of aliphatic hydroxyl groups excluding tert-OH is 1. The Bertz CT molecular complexity index is 400. The van der Waals surface area contributed by atoms with Gasteiger partial charge in [0.15, 0.2) is 5.78 Å². The van der Waals surface area contributed by atoms with E-state index in [1.165, 1.54) is 0 Å². The van der Waals surface area contributed by atoms with Crippen molar-refractivity contribution in [1.82, 2.24) is 0 Å². The van der Waals surface area contributed by atoms with Crippen LogP contribution in [0.25, 0.3) is 0 Å². The third-order valence-corrected chi connectivity index (χ3v) is 2.86. The summed E-state index contributed by atoms with van der Waals surface area (Å²) < 4.78 is 5.54. The van der Waals surface area contributed by atoms with Gasteiger partial charge in [0.2, 0.25) is 5.78 Å². The molecule has 0 bridgehead atoms. The van der Waals surface area contributed by atoms with Crippen LogP contribution in [0.15, 0.2) is 11.3 Å². The summed E-state index contributed by atoms with van der Waals surface area (Å²) in [4.78, 5) is 24.1. The van der Waals surface area contributed by atoms with Crippen molar-refractivity contribution in [2.24, 2.45) is 5.92 Å². The van der Waals surface area contributed by atoms with E-state index in [1.807, 2.05) is 0 Å². The lowest BCUT2D eigenvalue weighted by Crippen LogP contribution is -2.51. The van der Waals surface area contributed by atoms with Crippen LogP contribution in [0.2, 0.25) is 0 Å². The maximum Gasteiger partial charge on any atom is 0.201 e. The van der Waals surface area contributed by atoms with Crippen LogP contribution in [0, 0.1) is 5.92 Å². The summed E-state index contributed by atoms with van der Waals surface area (Å²) in [5.74, 6) is -1.38. The van der Waals surface area contributed by atoms with E-state index < -0.39 is 17.0 Å². The van der Waals surface area contributed by atoms with Gasteiger partial charge in [-0.2, -0.15) is 0 Å². The monoisotopic (exact) mass is 240 g/mol. The van der Waals surface area contributed by atoms with Crippen LogP contribution in [0.5, 0.6) is 0 Å². The second kappa shape index (κ2) is 3.95. The van der Waals surface area contributed by atoms with Crippen molar-refractivity contribution < 1.29 is 19.4 Å². The number of carbonyl (C=O) groups is 2. The Labute approximate surface area is 102 Å². The van der Waals surface area contributed by atoms with Crippen molar-refractivity contribution >= 4 is 11.6 Å². The summed E-state index contributed by atoms with van der Waals surface area (Å²) in [5, 5.41) is 10.0. The molecule has 4 nitrogen and oxygen atoms in total. The zero-order chi connectivity index (χ0) is 13.6. The molecule has 0 saturated carbocycles. The molecule has 17 heavy (non-hydrogen) atoms. The quantitative estimate of drug-likeness (QED) is 0.751. The Morgan fingerprint density at radius 3 is 2.06 bits per heavy atom. The van der Waals surface area contributed by atoms with Crippen LogP contribution in [0.3, 0.4) is 0 Å². The fourth-order valence-electron chi connectivity index (χ4n) is 1.96. The standard InChI is InChI=1S/C13H20O4/c1-7(2)9(14)8-10(15)12(3,4)17-13(5,6)11(8)16/h7,15H,1-6H3. The van der Waals surface area contributed by atoms with Crippen molar-refractivity contribution in [1.29, 1.82) is 0 Å². The molecule has 1 aliphatic rings. The number of carbonyl (C=O) groups excluding carboxylic acids is 2. The first-order valence-corrected chi connectivity index (χ1v) is 5.73. The molecule has 0 aromatic rings. The van der Waals surface area contributed by atoms with Gasteiger partial charge in [-0.3, -0.25) is 9.59 Å². The fourth-order valence-corrected chi connectivity index (χ4v) is 1.96. The first kappa shape index (κ1) is 13.9. The molecule has 0 aliphatic carbocycles. The molecule has 0 aromatic heterocycles. The Morgan fingerprint density at radius 1 is 1.18 bits per heavy atom. The molecule has 0 aromatic carbocycles. The Balaban J connectivity index is 3.41. The van der Waals surface area contributed by atoms with E-state index in [0.717, 1.165) is 0 Å². The van der Waals surface area contributed by atoms with Gasteiger partial charge in [0, 0.05) is 5.92 Å². The molecular weight excluding hydrogens is 220 g/mol. The maximum absolute atomic E-state index is 12.1. The average molecular weight is 240 g/mol. The van der Waals surface area contributed by atoms with E-state index in [4.69, 9.17) is 4.74 Å². The molecule has 0 amide bonds. The second-order valence-electron chi connectivity index (χ2n) is 5.69. The minimum absolute atomic E-state index is 0.110. The van der Waals surface area contributed by atoms with Crippen LogP contribution in [-0.2, 0) is 14.3 Å². The number of hydrogen-bond donors (Lipinski definition) is 1. The number of hydrogen-bond acceptors (Lipinski definition) is 4. The van der Waals surface area contributed by atoms with Gasteiger partial charge in [-0.15, -0.1) is 0 Å². The zero-order valence-electron chi connectivity index (χ0n) is 11.2. The van der Waals surface area contributed by atoms with Crippen LogP contribution in [0.4, 0.5) is 0 Å². The van der Waals surface area contributed by atoms with E-state index in [2.05, 4.69) is 0 Å². The number of Topliss-reactive ketones (excluding diaryl/α,β-unsaturated/α-hetero) is 2. The summed E-state index contributed by atoms with van der Waals surface area (Å²) in [6.07, 6.45) is 0. The van der Waals surface area contributed by atoms with Crippen LogP contribution >= 0.6 is 0 Å². The van der Waals surface area contributed by atoms with Gasteiger partial charge in [-0.05, 0) is 27.7 Å². The predicted molar refractivity (Wildman–Crippen MR) is 63.7 cm³/mol. The van der Waals surface area contributed by atoms with Crippen molar-refractivity contribution in [3.8, 4) is 0 Å². The molecule has 0 fully saturated rings. The fraction of sp³-hybridized carbons (Fsp3) is 0.692. The topological polar surface area (TPSA) is 63.6 Å². The predicted octanol–water partition coefficient (Wildman–Crippen LogP) is 2.18. The molecular formula is C13H20O4. The highest BCUT2D eigenvalue weighted by Gasteiger charge is 2.48. The Hall–Kier alpha value is -1.16. The molecule has 0 spiro atoms. The van der Waals surface area contributed by atoms with Crippen molar-refractivity contribution in [3.63, 3.8) is 0 Å². The third kappa shape index (κ3) is 2.27. The summed E-state index contributed by atoms with van der Waals surface area (Å²) in [6, 6.07) is 0. The number of ketones is 2. The first-order chi connectivity index (χ1) is 7.50. The van der Waals surface area contributed by atoms with Crippen molar-refractivity contribution in [2.45, 2.75) is 52.7 Å². The van der Waals surface area contributed by atoms with Crippen LogP contribution in [0.1, 0.15) is 41.5 Å². The minimum Gasteiger partial charge on any atom is -0.508 e. The van der Waals surface area contributed by atoms with Crippen LogP contribution in [-0.4, -0.2) is 27.9 Å². The molecule has 96 valence electrons. The van der Waals surface area contributed by atoms with Crippen molar-refractivity contribution in [2.75, 3.05) is 0 Å². The highest BCUT2D eigenvalue weighted by molar-refractivity contribution is 6.24. The smallest absolute Gasteiger partial charge is 0.201 e. The van der Waals surface area contributed by atoms with Gasteiger partial charge in [-0.25, -0.2) is 0 Å². The van der Waals surface area contributed by atoms with E-state index in [9.17, 15) is 14.7 Å². The van der Waals surface area contributed by atoms with E-state index in [-0.39, 0.29) is 23.0 Å². The highest BCUT2D eigenvalue weighted by Crippen LogP contribution is 2.36. The zero-order valence-corrected chi connectivity index (χ0v) is 11.2. The molecule has 0 saturated heterocycles. The summed E-state index contributed by atoms with van der Waals surface area (Å²) in [6.45, 7) is 9.90. The molecule has 1 heterocycles. The average Bonchev–Trinajstić information content (AvgIpc) is 2.13. The van der Waals surface area contributed by atoms with E-state index in [0.29, 0.717) is 0 Å². The van der Waals surface area contributed by atoms with Gasteiger partial charge in [0.05, 0.1) is 0 Å². The summed E-state index contributed by atoms with van der Waals surface area (Å²) in [7, 11) is 0. The van der Waals surface area contributed by atoms with E-state index >= 15 is 0 Å². The third-order valence-electron chi connectivity index (χ3n) is 2.86.